The van der Waals surface area contributed by atoms with Gasteiger partial charge in [-0.3, -0.25) is 0 Å². The molecule has 0 aromatic carbocycles. The first-order chi connectivity index (χ1) is 5.31. The standard InChI is InChI=1S/C10H22N2/c1-9(2,11)8-4-6-10(3,12)7-5-8/h8H,4-7,11-12H2,1-3H3/t8-,10+. The second kappa shape index (κ2) is 3.00. The zero-order chi connectivity index (χ0) is 9.41. The summed E-state index contributed by atoms with van der Waals surface area (Å²) in [7, 11) is 0. The first kappa shape index (κ1) is 10.0. The summed E-state index contributed by atoms with van der Waals surface area (Å²) in [6.07, 6.45) is 4.63. The van der Waals surface area contributed by atoms with Gasteiger partial charge >= 0.3 is 0 Å². The lowest BCUT2D eigenvalue weighted by Gasteiger charge is -2.40. The maximum atomic E-state index is 6.06. The summed E-state index contributed by atoms with van der Waals surface area (Å²) in [5.41, 5.74) is 12.2. The van der Waals surface area contributed by atoms with E-state index in [0.717, 1.165) is 12.8 Å². The summed E-state index contributed by atoms with van der Waals surface area (Å²) in [5, 5.41) is 0. The van der Waals surface area contributed by atoms with E-state index in [1.807, 2.05) is 0 Å². The van der Waals surface area contributed by atoms with Gasteiger partial charge in [-0.1, -0.05) is 0 Å². The van der Waals surface area contributed by atoms with E-state index in [1.54, 1.807) is 0 Å². The fraction of sp³-hybridized carbons (Fsp3) is 1.00. The first-order valence-corrected chi connectivity index (χ1v) is 4.89. The molecular formula is C10H22N2. The molecule has 1 aliphatic rings. The number of hydrogen-bond donors (Lipinski definition) is 2. The number of rotatable bonds is 1. The van der Waals surface area contributed by atoms with Gasteiger partial charge in [0.25, 0.3) is 0 Å². The SMILES string of the molecule is CC(C)(N)[C@H]1CC[C@@](C)(N)CC1. The van der Waals surface area contributed by atoms with Crippen LogP contribution in [0.5, 0.6) is 0 Å². The zero-order valence-electron chi connectivity index (χ0n) is 8.56. The minimum atomic E-state index is -0.0174. The topological polar surface area (TPSA) is 52.0 Å². The minimum Gasteiger partial charge on any atom is -0.325 e. The van der Waals surface area contributed by atoms with E-state index in [-0.39, 0.29) is 11.1 Å². The Morgan fingerprint density at radius 2 is 1.67 bits per heavy atom. The van der Waals surface area contributed by atoms with Gasteiger partial charge in [-0.15, -0.1) is 0 Å². The molecule has 72 valence electrons. The predicted octanol–water partition coefficient (Wildman–Crippen LogP) is 1.63. The Morgan fingerprint density at radius 1 is 1.25 bits per heavy atom. The van der Waals surface area contributed by atoms with Gasteiger partial charge < -0.3 is 11.5 Å². The van der Waals surface area contributed by atoms with E-state index >= 15 is 0 Å². The highest BCUT2D eigenvalue weighted by atomic mass is 14.8. The van der Waals surface area contributed by atoms with Gasteiger partial charge in [0.2, 0.25) is 0 Å². The Morgan fingerprint density at radius 3 is 2.00 bits per heavy atom. The van der Waals surface area contributed by atoms with Gasteiger partial charge in [0.15, 0.2) is 0 Å². The molecular weight excluding hydrogens is 148 g/mol. The van der Waals surface area contributed by atoms with Crippen molar-refractivity contribution in [3.8, 4) is 0 Å². The van der Waals surface area contributed by atoms with Crippen LogP contribution in [-0.4, -0.2) is 11.1 Å². The van der Waals surface area contributed by atoms with E-state index < -0.39 is 0 Å². The lowest BCUT2D eigenvalue weighted by atomic mass is 9.71. The summed E-state index contributed by atoms with van der Waals surface area (Å²) in [4.78, 5) is 0. The molecule has 0 heterocycles. The monoisotopic (exact) mass is 170 g/mol. The molecule has 0 spiro atoms. The van der Waals surface area contributed by atoms with Gasteiger partial charge in [-0.25, -0.2) is 0 Å². The third-order valence-electron chi connectivity index (χ3n) is 3.18. The molecule has 2 heteroatoms. The molecule has 0 radical (unpaired) electrons. The average molecular weight is 170 g/mol. The molecule has 12 heavy (non-hydrogen) atoms. The summed E-state index contributed by atoms with van der Waals surface area (Å²) < 4.78 is 0. The summed E-state index contributed by atoms with van der Waals surface area (Å²) in [6.45, 7) is 6.39. The highest BCUT2D eigenvalue weighted by Gasteiger charge is 2.33. The van der Waals surface area contributed by atoms with Gasteiger partial charge in [0, 0.05) is 11.1 Å². The van der Waals surface area contributed by atoms with Gasteiger partial charge in [-0.2, -0.15) is 0 Å². The highest BCUT2D eigenvalue weighted by molar-refractivity contribution is 4.92. The van der Waals surface area contributed by atoms with Crippen LogP contribution >= 0.6 is 0 Å². The first-order valence-electron chi connectivity index (χ1n) is 4.89. The lowest BCUT2D eigenvalue weighted by Crippen LogP contribution is -2.48. The number of hydrogen-bond acceptors (Lipinski definition) is 2. The molecule has 0 saturated heterocycles. The zero-order valence-corrected chi connectivity index (χ0v) is 8.56. The molecule has 0 bridgehead atoms. The van der Waals surface area contributed by atoms with Crippen LogP contribution in [0.15, 0.2) is 0 Å². The Hall–Kier alpha value is -0.0800. The maximum Gasteiger partial charge on any atom is 0.0126 e. The van der Waals surface area contributed by atoms with Crippen molar-refractivity contribution in [1.82, 2.24) is 0 Å². The van der Waals surface area contributed by atoms with Crippen LogP contribution in [0.2, 0.25) is 0 Å². The maximum absolute atomic E-state index is 6.06. The van der Waals surface area contributed by atoms with Crippen molar-refractivity contribution in [2.45, 2.75) is 57.5 Å². The summed E-state index contributed by atoms with van der Waals surface area (Å²) in [6, 6.07) is 0. The van der Waals surface area contributed by atoms with E-state index in [0.29, 0.717) is 5.92 Å². The van der Waals surface area contributed by atoms with Crippen molar-refractivity contribution in [3.05, 3.63) is 0 Å². The molecule has 0 aromatic rings. The largest absolute Gasteiger partial charge is 0.325 e. The van der Waals surface area contributed by atoms with Crippen molar-refractivity contribution >= 4 is 0 Å². The fourth-order valence-electron chi connectivity index (χ4n) is 2.02. The third-order valence-corrected chi connectivity index (χ3v) is 3.18. The Balaban J connectivity index is 2.47. The molecule has 0 atom stereocenters. The van der Waals surface area contributed by atoms with Crippen LogP contribution in [-0.2, 0) is 0 Å². The normalized spacial score (nSPS) is 38.2. The van der Waals surface area contributed by atoms with E-state index in [1.165, 1.54) is 12.8 Å². The quantitative estimate of drug-likeness (QED) is 0.628. The number of nitrogens with two attached hydrogens (primary N) is 2. The van der Waals surface area contributed by atoms with Gasteiger partial charge in [0.1, 0.15) is 0 Å². The summed E-state index contributed by atoms with van der Waals surface area (Å²) in [5.74, 6) is 0.661. The third kappa shape index (κ3) is 2.46. The molecule has 0 aliphatic heterocycles. The van der Waals surface area contributed by atoms with Crippen molar-refractivity contribution < 1.29 is 0 Å². The summed E-state index contributed by atoms with van der Waals surface area (Å²) >= 11 is 0. The van der Waals surface area contributed by atoms with E-state index in [9.17, 15) is 0 Å². The molecule has 0 aromatic heterocycles. The molecule has 2 nitrogen and oxygen atoms in total. The van der Waals surface area contributed by atoms with E-state index in [4.69, 9.17) is 11.5 Å². The molecule has 4 N–H and O–H groups in total. The van der Waals surface area contributed by atoms with Crippen LogP contribution in [0.25, 0.3) is 0 Å². The Bertz CT molecular complexity index is 146. The second-order valence-corrected chi connectivity index (χ2v) is 5.25. The molecule has 0 amide bonds. The highest BCUT2D eigenvalue weighted by Crippen LogP contribution is 2.34. The molecule has 1 fully saturated rings. The van der Waals surface area contributed by atoms with Crippen LogP contribution < -0.4 is 11.5 Å². The fourth-order valence-corrected chi connectivity index (χ4v) is 2.02. The van der Waals surface area contributed by atoms with Crippen molar-refractivity contribution in [3.63, 3.8) is 0 Å². The van der Waals surface area contributed by atoms with Crippen LogP contribution in [0.3, 0.4) is 0 Å². The van der Waals surface area contributed by atoms with Gasteiger partial charge in [-0.05, 0) is 52.4 Å². The van der Waals surface area contributed by atoms with Crippen LogP contribution in [0.4, 0.5) is 0 Å². The molecule has 1 saturated carbocycles. The van der Waals surface area contributed by atoms with Crippen LogP contribution in [0.1, 0.15) is 46.5 Å². The lowest BCUT2D eigenvalue weighted by molar-refractivity contribution is 0.185. The molecule has 1 rings (SSSR count). The Labute approximate surface area is 75.7 Å². The smallest absolute Gasteiger partial charge is 0.0126 e. The second-order valence-electron chi connectivity index (χ2n) is 5.25. The van der Waals surface area contributed by atoms with E-state index in [2.05, 4.69) is 20.8 Å². The van der Waals surface area contributed by atoms with Crippen molar-refractivity contribution in [1.29, 1.82) is 0 Å². The predicted molar refractivity (Wildman–Crippen MR) is 52.8 cm³/mol. The Kier molecular flexibility index (Phi) is 2.50. The minimum absolute atomic E-state index is 0.0174. The van der Waals surface area contributed by atoms with Gasteiger partial charge in [0.05, 0.1) is 0 Å². The molecule has 0 unspecified atom stereocenters. The van der Waals surface area contributed by atoms with Crippen LogP contribution in [0, 0.1) is 5.92 Å². The average Bonchev–Trinajstić information content (AvgIpc) is 1.83. The molecule has 1 aliphatic carbocycles. The van der Waals surface area contributed by atoms with Crippen molar-refractivity contribution in [2.75, 3.05) is 0 Å². The van der Waals surface area contributed by atoms with Crippen molar-refractivity contribution in [2.24, 2.45) is 17.4 Å².